The standard InChI is InChI=1S/C13H18N2O2S3/c14-13(18)12-6-2-1-4-10(12)9-20(16,17)15-8-11-5-3-7-19-11/h1-2,4,6,11,15H,3,5,7-9H2,(H2,14,18). The van der Waals surface area contributed by atoms with Gasteiger partial charge in [-0.05, 0) is 24.2 Å². The molecule has 1 fully saturated rings. The number of hydrogen-bond donors (Lipinski definition) is 2. The maximum atomic E-state index is 12.1. The van der Waals surface area contributed by atoms with E-state index in [2.05, 4.69) is 4.72 Å². The molecule has 110 valence electrons. The average molecular weight is 331 g/mol. The summed E-state index contributed by atoms with van der Waals surface area (Å²) >= 11 is 6.78. The first-order valence-electron chi connectivity index (χ1n) is 6.44. The summed E-state index contributed by atoms with van der Waals surface area (Å²) in [6.07, 6.45) is 2.25. The van der Waals surface area contributed by atoms with Crippen LogP contribution < -0.4 is 10.5 Å². The van der Waals surface area contributed by atoms with Gasteiger partial charge in [-0.15, -0.1) is 0 Å². The van der Waals surface area contributed by atoms with E-state index in [-0.39, 0.29) is 10.7 Å². The number of nitrogens with one attached hydrogen (secondary N) is 1. The highest BCUT2D eigenvalue weighted by Crippen LogP contribution is 2.25. The van der Waals surface area contributed by atoms with Gasteiger partial charge in [0.15, 0.2) is 0 Å². The lowest BCUT2D eigenvalue weighted by Crippen LogP contribution is -2.31. The zero-order chi connectivity index (χ0) is 14.6. The third-order valence-corrected chi connectivity index (χ3v) is 6.10. The Morgan fingerprint density at radius 3 is 2.85 bits per heavy atom. The Balaban J connectivity index is 2.02. The summed E-state index contributed by atoms with van der Waals surface area (Å²) in [5.74, 6) is 1.04. The minimum Gasteiger partial charge on any atom is -0.389 e. The maximum Gasteiger partial charge on any atom is 0.215 e. The van der Waals surface area contributed by atoms with Crippen molar-refractivity contribution in [3.63, 3.8) is 0 Å². The van der Waals surface area contributed by atoms with Crippen molar-refractivity contribution in [2.75, 3.05) is 12.3 Å². The zero-order valence-corrected chi connectivity index (χ0v) is 13.5. The minimum absolute atomic E-state index is 0.0854. The van der Waals surface area contributed by atoms with Crippen LogP contribution in [0.2, 0.25) is 0 Å². The van der Waals surface area contributed by atoms with E-state index in [1.165, 1.54) is 6.42 Å². The fraction of sp³-hybridized carbons (Fsp3) is 0.462. The molecule has 0 spiro atoms. The number of rotatable bonds is 6. The summed E-state index contributed by atoms with van der Waals surface area (Å²) in [7, 11) is -3.36. The van der Waals surface area contributed by atoms with E-state index < -0.39 is 10.0 Å². The van der Waals surface area contributed by atoms with Crippen LogP contribution in [0.1, 0.15) is 24.0 Å². The summed E-state index contributed by atoms with van der Waals surface area (Å²) in [5, 5.41) is 0.399. The van der Waals surface area contributed by atoms with Crippen LogP contribution in [0.4, 0.5) is 0 Å². The molecule has 1 aliphatic rings. The van der Waals surface area contributed by atoms with Gasteiger partial charge >= 0.3 is 0 Å². The van der Waals surface area contributed by atoms with Gasteiger partial charge in [-0.1, -0.05) is 36.5 Å². The summed E-state index contributed by atoms with van der Waals surface area (Å²) in [6.45, 7) is 0.502. The van der Waals surface area contributed by atoms with Crippen LogP contribution in [0.3, 0.4) is 0 Å². The summed E-state index contributed by atoms with van der Waals surface area (Å²) in [4.78, 5) is 0.224. The molecule has 1 aromatic rings. The summed E-state index contributed by atoms with van der Waals surface area (Å²) < 4.78 is 26.9. The molecule has 4 nitrogen and oxygen atoms in total. The molecule has 1 heterocycles. The Morgan fingerprint density at radius 1 is 1.45 bits per heavy atom. The van der Waals surface area contributed by atoms with Crippen molar-refractivity contribution in [2.45, 2.75) is 23.8 Å². The molecule has 20 heavy (non-hydrogen) atoms. The first-order valence-corrected chi connectivity index (χ1v) is 9.55. The molecular weight excluding hydrogens is 312 g/mol. The third kappa shape index (κ3) is 4.44. The predicted molar refractivity (Wildman–Crippen MR) is 88.4 cm³/mol. The van der Waals surface area contributed by atoms with Crippen LogP contribution in [-0.4, -0.2) is 31.0 Å². The maximum absolute atomic E-state index is 12.1. The van der Waals surface area contributed by atoms with Gasteiger partial charge in [0.1, 0.15) is 4.99 Å². The predicted octanol–water partition coefficient (Wildman–Crippen LogP) is 1.64. The van der Waals surface area contributed by atoms with Gasteiger partial charge in [0.25, 0.3) is 0 Å². The SMILES string of the molecule is NC(=S)c1ccccc1CS(=O)(=O)NCC1CCCS1. The summed E-state index contributed by atoms with van der Waals surface area (Å²) in [6, 6.07) is 7.09. The smallest absolute Gasteiger partial charge is 0.215 e. The summed E-state index contributed by atoms with van der Waals surface area (Å²) in [5.41, 5.74) is 6.89. The molecule has 0 aromatic heterocycles. The second-order valence-corrected chi connectivity index (χ2v) is 8.42. The normalized spacial score (nSPS) is 19.1. The molecule has 0 aliphatic carbocycles. The van der Waals surface area contributed by atoms with Crippen molar-refractivity contribution in [3.8, 4) is 0 Å². The quantitative estimate of drug-likeness (QED) is 0.776. The number of nitrogens with two attached hydrogens (primary N) is 1. The Kier molecular flexibility index (Phi) is 5.42. The van der Waals surface area contributed by atoms with E-state index in [1.807, 2.05) is 11.8 Å². The van der Waals surface area contributed by atoms with Gasteiger partial charge in [0.05, 0.1) is 5.75 Å². The molecule has 0 saturated carbocycles. The third-order valence-electron chi connectivity index (χ3n) is 3.18. The van der Waals surface area contributed by atoms with E-state index in [1.54, 1.807) is 24.3 Å². The van der Waals surface area contributed by atoms with Crippen LogP contribution in [0, 0.1) is 0 Å². The highest BCUT2D eigenvalue weighted by molar-refractivity contribution is 8.00. The van der Waals surface area contributed by atoms with Gasteiger partial charge in [-0.3, -0.25) is 0 Å². The van der Waals surface area contributed by atoms with E-state index in [0.717, 1.165) is 12.2 Å². The van der Waals surface area contributed by atoms with Gasteiger partial charge in [0, 0.05) is 17.4 Å². The van der Waals surface area contributed by atoms with Crippen LogP contribution >= 0.6 is 24.0 Å². The first kappa shape index (κ1) is 15.8. The fourth-order valence-corrected chi connectivity index (χ4v) is 4.89. The molecule has 1 unspecified atom stereocenters. The lowest BCUT2D eigenvalue weighted by atomic mass is 10.1. The second-order valence-electron chi connectivity index (χ2n) is 4.76. The van der Waals surface area contributed by atoms with Gasteiger partial charge in [0.2, 0.25) is 10.0 Å². The molecule has 0 radical (unpaired) electrons. The van der Waals surface area contributed by atoms with Crippen LogP contribution in [0.15, 0.2) is 24.3 Å². The van der Waals surface area contributed by atoms with Gasteiger partial charge in [-0.25, -0.2) is 13.1 Å². The van der Waals surface area contributed by atoms with E-state index >= 15 is 0 Å². The van der Waals surface area contributed by atoms with Crippen molar-refractivity contribution in [1.82, 2.24) is 4.72 Å². The highest BCUT2D eigenvalue weighted by Gasteiger charge is 2.20. The Bertz CT molecular complexity index is 581. The number of benzene rings is 1. The minimum atomic E-state index is -3.36. The van der Waals surface area contributed by atoms with Crippen molar-refractivity contribution < 1.29 is 8.42 Å². The zero-order valence-electron chi connectivity index (χ0n) is 11.0. The second kappa shape index (κ2) is 6.89. The van der Waals surface area contributed by atoms with E-state index in [4.69, 9.17) is 18.0 Å². The number of thiocarbonyl (C=S) groups is 1. The number of hydrogen-bond acceptors (Lipinski definition) is 4. The molecule has 7 heteroatoms. The molecule has 1 aliphatic heterocycles. The van der Waals surface area contributed by atoms with Gasteiger partial charge < -0.3 is 5.73 Å². The van der Waals surface area contributed by atoms with E-state index in [9.17, 15) is 8.42 Å². The first-order chi connectivity index (χ1) is 9.48. The highest BCUT2D eigenvalue weighted by atomic mass is 32.2. The molecule has 1 atom stereocenters. The molecule has 1 saturated heterocycles. The topological polar surface area (TPSA) is 72.2 Å². The Morgan fingerprint density at radius 2 is 2.20 bits per heavy atom. The van der Waals surface area contributed by atoms with Crippen LogP contribution in [0.25, 0.3) is 0 Å². The van der Waals surface area contributed by atoms with Gasteiger partial charge in [-0.2, -0.15) is 11.8 Å². The number of thioether (sulfide) groups is 1. The van der Waals surface area contributed by atoms with Crippen molar-refractivity contribution in [1.29, 1.82) is 0 Å². The largest absolute Gasteiger partial charge is 0.389 e. The lowest BCUT2D eigenvalue weighted by Gasteiger charge is -2.12. The molecule has 0 amide bonds. The monoisotopic (exact) mass is 330 g/mol. The molecule has 3 N–H and O–H groups in total. The fourth-order valence-electron chi connectivity index (χ4n) is 2.17. The van der Waals surface area contributed by atoms with Crippen molar-refractivity contribution in [2.24, 2.45) is 5.73 Å². The Labute approximate surface area is 129 Å². The molecular formula is C13H18N2O2S3. The molecule has 1 aromatic carbocycles. The van der Waals surface area contributed by atoms with Crippen molar-refractivity contribution in [3.05, 3.63) is 35.4 Å². The van der Waals surface area contributed by atoms with E-state index in [0.29, 0.717) is 22.9 Å². The molecule has 2 rings (SSSR count). The lowest BCUT2D eigenvalue weighted by molar-refractivity contribution is 0.578. The number of sulfonamides is 1. The van der Waals surface area contributed by atoms with Crippen LogP contribution in [0.5, 0.6) is 0 Å². The Hall–Kier alpha value is -0.630. The average Bonchev–Trinajstić information content (AvgIpc) is 2.89. The van der Waals surface area contributed by atoms with Crippen LogP contribution in [-0.2, 0) is 15.8 Å². The van der Waals surface area contributed by atoms with Crippen molar-refractivity contribution >= 4 is 39.0 Å². The molecule has 0 bridgehead atoms.